The summed E-state index contributed by atoms with van der Waals surface area (Å²) in [5, 5.41) is 3.84. The molecule has 0 bridgehead atoms. The summed E-state index contributed by atoms with van der Waals surface area (Å²) in [5.41, 5.74) is 12.0. The Balaban J connectivity index is 2.29. The van der Waals surface area contributed by atoms with Crippen molar-refractivity contribution in [3.63, 3.8) is 0 Å². The monoisotopic (exact) mass is 281 g/mol. The van der Waals surface area contributed by atoms with Crippen molar-refractivity contribution >= 4 is 33.7 Å². The fraction of sp³-hybridized carbons (Fsp3) is 0.538. The minimum atomic E-state index is -0.590. The number of ketones is 1. The van der Waals surface area contributed by atoms with Gasteiger partial charge < -0.3 is 16.8 Å². The number of hydrogen-bond acceptors (Lipinski definition) is 5. The Bertz CT molecular complexity index is 532. The predicted molar refractivity (Wildman–Crippen MR) is 77.7 cm³/mol. The van der Waals surface area contributed by atoms with E-state index < -0.39 is 5.91 Å². The summed E-state index contributed by atoms with van der Waals surface area (Å²) in [5.74, 6) is -0.650. The molecule has 0 aromatic carbocycles. The molecule has 104 valence electrons. The van der Waals surface area contributed by atoms with Gasteiger partial charge in [0.25, 0.3) is 5.91 Å². The first-order valence-corrected chi connectivity index (χ1v) is 7.19. The van der Waals surface area contributed by atoms with E-state index in [-0.39, 0.29) is 17.0 Å². The molecule has 0 spiro atoms. The number of carbonyl (C=O) groups excluding carboxylic acids is 2. The number of thiophene rings is 1. The number of nitrogens with one attached hydrogen (secondary N) is 1. The molecule has 1 amide bonds. The van der Waals surface area contributed by atoms with Crippen molar-refractivity contribution in [3.05, 3.63) is 10.4 Å². The molecule has 0 aliphatic heterocycles. The van der Waals surface area contributed by atoms with Crippen LogP contribution in [0.15, 0.2) is 0 Å². The van der Waals surface area contributed by atoms with E-state index >= 15 is 0 Å². The average Bonchev–Trinajstić information content (AvgIpc) is 2.99. The van der Waals surface area contributed by atoms with Crippen molar-refractivity contribution in [2.24, 2.45) is 11.1 Å². The smallest absolute Gasteiger partial charge is 0.253 e. The average molecular weight is 281 g/mol. The van der Waals surface area contributed by atoms with E-state index in [2.05, 4.69) is 12.2 Å². The van der Waals surface area contributed by atoms with Crippen LogP contribution in [0.5, 0.6) is 0 Å². The molecule has 1 aliphatic rings. The molecule has 2 rings (SSSR count). The van der Waals surface area contributed by atoms with Gasteiger partial charge in [0.05, 0.1) is 16.1 Å². The molecule has 1 aliphatic carbocycles. The van der Waals surface area contributed by atoms with E-state index in [0.29, 0.717) is 21.7 Å². The quantitative estimate of drug-likeness (QED) is 0.696. The maximum atomic E-state index is 11.8. The number of nitrogens with two attached hydrogens (primary N) is 2. The van der Waals surface area contributed by atoms with E-state index in [1.165, 1.54) is 24.2 Å². The first kappa shape index (κ1) is 13.9. The van der Waals surface area contributed by atoms with E-state index in [1.54, 1.807) is 6.92 Å². The summed E-state index contributed by atoms with van der Waals surface area (Å²) in [6.07, 6.45) is 2.71. The van der Waals surface area contributed by atoms with Crippen molar-refractivity contribution in [2.75, 3.05) is 17.6 Å². The summed E-state index contributed by atoms with van der Waals surface area (Å²) >= 11 is 1.23. The van der Waals surface area contributed by atoms with Gasteiger partial charge in [-0.2, -0.15) is 0 Å². The van der Waals surface area contributed by atoms with Crippen LogP contribution in [-0.2, 0) is 0 Å². The maximum Gasteiger partial charge on any atom is 0.253 e. The molecule has 1 fully saturated rings. The number of hydrogen-bond donors (Lipinski definition) is 3. The van der Waals surface area contributed by atoms with Gasteiger partial charge in [-0.15, -0.1) is 11.3 Å². The molecular formula is C13H19N3O2S. The molecular weight excluding hydrogens is 262 g/mol. The Morgan fingerprint density at radius 3 is 2.53 bits per heavy atom. The van der Waals surface area contributed by atoms with E-state index in [9.17, 15) is 9.59 Å². The number of carbonyl (C=O) groups is 2. The minimum absolute atomic E-state index is 0.0596. The summed E-state index contributed by atoms with van der Waals surface area (Å²) in [6.45, 7) is 4.72. The van der Waals surface area contributed by atoms with Crippen molar-refractivity contribution < 1.29 is 9.59 Å². The number of rotatable bonds is 6. The van der Waals surface area contributed by atoms with Crippen LogP contribution in [0.4, 0.5) is 10.7 Å². The van der Waals surface area contributed by atoms with Gasteiger partial charge in [0.1, 0.15) is 5.00 Å². The summed E-state index contributed by atoms with van der Waals surface area (Å²) in [4.78, 5) is 23.7. The third kappa shape index (κ3) is 2.73. The van der Waals surface area contributed by atoms with E-state index in [0.717, 1.165) is 6.54 Å². The second-order valence-electron chi connectivity index (χ2n) is 5.35. The van der Waals surface area contributed by atoms with Crippen LogP contribution in [0.25, 0.3) is 0 Å². The number of anilines is 2. The van der Waals surface area contributed by atoms with Gasteiger partial charge in [-0.3, -0.25) is 9.59 Å². The Kier molecular flexibility index (Phi) is 3.54. The topological polar surface area (TPSA) is 98.2 Å². The highest BCUT2D eigenvalue weighted by Crippen LogP contribution is 2.46. The van der Waals surface area contributed by atoms with Gasteiger partial charge in [0.15, 0.2) is 5.78 Å². The summed E-state index contributed by atoms with van der Waals surface area (Å²) in [7, 11) is 0. The standard InChI is InChI=1S/C13H19N3O2S/c1-3-7(17)10-9(14)8(11(15)18)12(19-10)16-6-13(2)4-5-13/h16H,3-6,14H2,1-2H3,(H2,15,18). The Labute approximate surface area is 116 Å². The van der Waals surface area contributed by atoms with Crippen LogP contribution in [0, 0.1) is 5.41 Å². The Hall–Kier alpha value is -1.56. The highest BCUT2D eigenvalue weighted by molar-refractivity contribution is 7.19. The van der Waals surface area contributed by atoms with Crippen LogP contribution in [0.3, 0.4) is 0 Å². The van der Waals surface area contributed by atoms with Gasteiger partial charge in [-0.25, -0.2) is 0 Å². The van der Waals surface area contributed by atoms with Gasteiger partial charge >= 0.3 is 0 Å². The molecule has 1 aromatic rings. The van der Waals surface area contributed by atoms with Crippen molar-refractivity contribution in [1.82, 2.24) is 0 Å². The zero-order valence-corrected chi connectivity index (χ0v) is 12.0. The molecule has 19 heavy (non-hydrogen) atoms. The fourth-order valence-electron chi connectivity index (χ4n) is 1.86. The molecule has 1 aromatic heterocycles. The van der Waals surface area contributed by atoms with Crippen molar-refractivity contribution in [3.8, 4) is 0 Å². The summed E-state index contributed by atoms with van der Waals surface area (Å²) < 4.78 is 0. The Morgan fingerprint density at radius 1 is 1.42 bits per heavy atom. The van der Waals surface area contributed by atoms with Gasteiger partial charge in [-0.05, 0) is 18.3 Å². The van der Waals surface area contributed by atoms with Gasteiger partial charge in [0.2, 0.25) is 0 Å². The highest BCUT2D eigenvalue weighted by atomic mass is 32.1. The first-order chi connectivity index (χ1) is 8.88. The van der Waals surface area contributed by atoms with Crippen LogP contribution >= 0.6 is 11.3 Å². The van der Waals surface area contributed by atoms with E-state index in [4.69, 9.17) is 11.5 Å². The SMILES string of the molecule is CCC(=O)c1sc(NCC2(C)CC2)c(C(N)=O)c1N. The lowest BCUT2D eigenvalue weighted by molar-refractivity contribution is 0.0991. The third-order valence-electron chi connectivity index (χ3n) is 3.55. The molecule has 5 N–H and O–H groups in total. The molecule has 0 radical (unpaired) electrons. The zero-order chi connectivity index (χ0) is 14.2. The maximum absolute atomic E-state index is 11.8. The molecule has 1 heterocycles. The molecule has 1 saturated carbocycles. The number of primary amides is 1. The molecule has 0 saturated heterocycles. The van der Waals surface area contributed by atoms with Crippen LogP contribution < -0.4 is 16.8 Å². The second kappa shape index (κ2) is 4.85. The fourth-order valence-corrected chi connectivity index (χ4v) is 3.00. The van der Waals surface area contributed by atoms with Crippen LogP contribution in [0.1, 0.15) is 53.1 Å². The minimum Gasteiger partial charge on any atom is -0.397 e. The molecule has 5 nitrogen and oxygen atoms in total. The largest absolute Gasteiger partial charge is 0.397 e. The van der Waals surface area contributed by atoms with Crippen molar-refractivity contribution in [1.29, 1.82) is 0 Å². The number of Topliss-reactive ketones (excluding diaryl/α,β-unsaturated/α-hetero) is 1. The summed E-state index contributed by atoms with van der Waals surface area (Å²) in [6, 6.07) is 0. The van der Waals surface area contributed by atoms with Crippen molar-refractivity contribution in [2.45, 2.75) is 33.1 Å². The lowest BCUT2D eigenvalue weighted by Gasteiger charge is -2.10. The number of amides is 1. The van der Waals surface area contributed by atoms with Crippen LogP contribution in [0.2, 0.25) is 0 Å². The lowest BCUT2D eigenvalue weighted by atomic mass is 10.1. The zero-order valence-electron chi connectivity index (χ0n) is 11.2. The predicted octanol–water partition coefficient (Wildman–Crippen LogP) is 2.23. The van der Waals surface area contributed by atoms with E-state index in [1.807, 2.05) is 0 Å². The first-order valence-electron chi connectivity index (χ1n) is 6.37. The molecule has 0 atom stereocenters. The molecule has 6 heteroatoms. The lowest BCUT2D eigenvalue weighted by Crippen LogP contribution is -2.17. The molecule has 0 unspecified atom stereocenters. The van der Waals surface area contributed by atoms with Gasteiger partial charge in [-0.1, -0.05) is 13.8 Å². The second-order valence-corrected chi connectivity index (χ2v) is 6.37. The third-order valence-corrected chi connectivity index (χ3v) is 4.75. The number of nitrogen functional groups attached to an aromatic ring is 1. The van der Waals surface area contributed by atoms with Gasteiger partial charge in [0, 0.05) is 13.0 Å². The highest BCUT2D eigenvalue weighted by Gasteiger charge is 2.37. The Morgan fingerprint density at radius 2 is 2.05 bits per heavy atom. The normalized spacial score (nSPS) is 16.1. The van der Waals surface area contributed by atoms with Crippen LogP contribution in [-0.4, -0.2) is 18.2 Å².